The maximum atomic E-state index is 12.3. The van der Waals surface area contributed by atoms with Crippen LogP contribution < -0.4 is 11.1 Å². The second-order valence-electron chi connectivity index (χ2n) is 6.93. The fraction of sp³-hybridized carbons (Fsp3) is 0.0909. The lowest BCUT2D eigenvalue weighted by atomic mass is 10.1. The maximum absolute atomic E-state index is 12.3. The molecule has 0 aliphatic rings. The Bertz CT molecular complexity index is 1310. The Morgan fingerprint density at radius 3 is 2.32 bits per heavy atom. The van der Waals surface area contributed by atoms with Gasteiger partial charge in [-0.3, -0.25) is 9.59 Å². The summed E-state index contributed by atoms with van der Waals surface area (Å²) in [6, 6.07) is 14.3. The third-order valence-electron chi connectivity index (χ3n) is 4.55. The lowest BCUT2D eigenvalue weighted by Crippen LogP contribution is -2.22. The summed E-state index contributed by atoms with van der Waals surface area (Å²) >= 11 is 0. The molecule has 0 saturated heterocycles. The number of primary amides is 1. The molecule has 0 bridgehead atoms. The van der Waals surface area contributed by atoms with Crippen LogP contribution in [0.5, 0.6) is 0 Å². The minimum Gasteiger partial charge on any atom is -0.475 e. The van der Waals surface area contributed by atoms with Crippen LogP contribution in [0, 0.1) is 0 Å². The smallest absolute Gasteiger partial charge is 0.475 e. The summed E-state index contributed by atoms with van der Waals surface area (Å²) in [6.45, 7) is 0.463. The second kappa shape index (κ2) is 9.90. The molecular weight excluding hydrogens is 455 g/mol. The first kappa shape index (κ1) is 24.0. The summed E-state index contributed by atoms with van der Waals surface area (Å²) in [4.78, 5) is 35.7. The number of halogens is 3. The van der Waals surface area contributed by atoms with E-state index in [1.807, 2.05) is 30.7 Å². The number of hydrogen-bond donors (Lipinski definition) is 4. The highest BCUT2D eigenvalue weighted by atomic mass is 19.4. The van der Waals surface area contributed by atoms with E-state index in [-0.39, 0.29) is 5.91 Å². The van der Waals surface area contributed by atoms with Crippen molar-refractivity contribution in [2.45, 2.75) is 12.7 Å². The molecule has 9 nitrogen and oxygen atoms in total. The maximum Gasteiger partial charge on any atom is 0.490 e. The fourth-order valence-electron chi connectivity index (χ4n) is 2.89. The van der Waals surface area contributed by atoms with Crippen molar-refractivity contribution in [2.75, 3.05) is 0 Å². The number of aliphatic carboxylic acids is 1. The first-order chi connectivity index (χ1) is 16.1. The van der Waals surface area contributed by atoms with Gasteiger partial charge in [0, 0.05) is 36.1 Å². The quantitative estimate of drug-likeness (QED) is 0.352. The number of carbonyl (C=O) groups is 3. The molecule has 34 heavy (non-hydrogen) atoms. The van der Waals surface area contributed by atoms with Gasteiger partial charge in [0.1, 0.15) is 5.52 Å². The van der Waals surface area contributed by atoms with Crippen LogP contribution in [0.3, 0.4) is 0 Å². The van der Waals surface area contributed by atoms with Crippen molar-refractivity contribution < 1.29 is 32.7 Å². The Labute approximate surface area is 190 Å². The van der Waals surface area contributed by atoms with Crippen molar-refractivity contribution in [3.8, 4) is 5.69 Å². The van der Waals surface area contributed by atoms with E-state index in [4.69, 9.17) is 15.6 Å². The fourth-order valence-corrected chi connectivity index (χ4v) is 2.89. The Balaban J connectivity index is 0.000000406. The molecule has 0 radical (unpaired) electrons. The average molecular weight is 473 g/mol. The van der Waals surface area contributed by atoms with E-state index in [1.165, 1.54) is 0 Å². The van der Waals surface area contributed by atoms with Crippen molar-refractivity contribution in [3.63, 3.8) is 0 Å². The molecule has 4 rings (SSSR count). The van der Waals surface area contributed by atoms with E-state index in [9.17, 15) is 22.8 Å². The largest absolute Gasteiger partial charge is 0.490 e. The van der Waals surface area contributed by atoms with Crippen LogP contribution in [0.4, 0.5) is 13.2 Å². The van der Waals surface area contributed by atoms with Crippen LogP contribution in [0.15, 0.2) is 67.1 Å². The zero-order chi connectivity index (χ0) is 24.9. The molecule has 0 aliphatic carbocycles. The molecule has 2 aromatic carbocycles. The van der Waals surface area contributed by atoms with E-state index in [0.717, 1.165) is 16.6 Å². The van der Waals surface area contributed by atoms with Gasteiger partial charge in [-0.15, -0.1) is 0 Å². The van der Waals surface area contributed by atoms with Crippen molar-refractivity contribution in [1.29, 1.82) is 0 Å². The van der Waals surface area contributed by atoms with Crippen LogP contribution in [0.2, 0.25) is 0 Å². The predicted octanol–water partition coefficient (Wildman–Crippen LogP) is 3.02. The number of hydrogen-bond acceptors (Lipinski definition) is 4. The molecule has 2 aromatic heterocycles. The van der Waals surface area contributed by atoms with Crippen molar-refractivity contribution in [1.82, 2.24) is 20.1 Å². The third-order valence-corrected chi connectivity index (χ3v) is 4.55. The monoisotopic (exact) mass is 473 g/mol. The number of benzene rings is 2. The number of nitrogens with one attached hydrogen (secondary N) is 2. The Morgan fingerprint density at radius 2 is 1.76 bits per heavy atom. The first-order valence-corrected chi connectivity index (χ1v) is 9.65. The molecule has 0 spiro atoms. The van der Waals surface area contributed by atoms with Crippen molar-refractivity contribution in [2.24, 2.45) is 5.73 Å². The number of carboxylic acids is 1. The van der Waals surface area contributed by atoms with Crippen LogP contribution in [0.25, 0.3) is 16.6 Å². The van der Waals surface area contributed by atoms with Crippen LogP contribution in [-0.4, -0.2) is 43.8 Å². The Kier molecular flexibility index (Phi) is 7.00. The molecule has 2 heterocycles. The van der Waals surface area contributed by atoms with E-state index in [1.54, 1.807) is 41.1 Å². The number of aromatic nitrogens is 3. The van der Waals surface area contributed by atoms with Gasteiger partial charge in [0.2, 0.25) is 0 Å². The molecular formula is C22H18F3N5O4. The van der Waals surface area contributed by atoms with Gasteiger partial charge in [-0.05, 0) is 42.0 Å². The van der Waals surface area contributed by atoms with Crippen LogP contribution in [-0.2, 0) is 11.3 Å². The zero-order valence-electron chi connectivity index (χ0n) is 17.3. The van der Waals surface area contributed by atoms with E-state index in [2.05, 4.69) is 15.4 Å². The van der Waals surface area contributed by atoms with Gasteiger partial charge in [-0.1, -0.05) is 12.1 Å². The molecule has 0 atom stereocenters. The summed E-state index contributed by atoms with van der Waals surface area (Å²) in [5.74, 6) is -3.42. The number of carbonyl (C=O) groups excluding carboxylic acids is 2. The lowest BCUT2D eigenvalue weighted by Gasteiger charge is -2.05. The molecule has 2 amide bonds. The predicted molar refractivity (Wildman–Crippen MR) is 115 cm³/mol. The number of fused-ring (bicyclic) bond motifs is 1. The minimum absolute atomic E-state index is 0.149. The Morgan fingerprint density at radius 1 is 1.09 bits per heavy atom. The van der Waals surface area contributed by atoms with Gasteiger partial charge in [0.25, 0.3) is 11.8 Å². The summed E-state index contributed by atoms with van der Waals surface area (Å²) in [7, 11) is 0. The summed E-state index contributed by atoms with van der Waals surface area (Å²) in [5, 5.41) is 15.3. The summed E-state index contributed by atoms with van der Waals surface area (Å²) in [6.07, 6.45) is 0.392. The topological polar surface area (TPSA) is 143 Å². The Hall–Kier alpha value is -4.61. The van der Waals surface area contributed by atoms with Crippen molar-refractivity contribution >= 4 is 28.7 Å². The number of aromatic amines is 1. The minimum atomic E-state index is -5.08. The van der Waals surface area contributed by atoms with E-state index in [0.29, 0.717) is 23.2 Å². The highest BCUT2D eigenvalue weighted by Crippen LogP contribution is 2.19. The average Bonchev–Trinajstić information content (AvgIpc) is 3.46. The SMILES string of the molecule is NC(=O)c1cccc2cn(-c3ccc(C(=O)NCc4cc[nH]c4)cc3)nc12.O=C(O)C(F)(F)F. The first-order valence-electron chi connectivity index (χ1n) is 9.65. The molecule has 0 aliphatic heterocycles. The number of carboxylic acid groups (broad SMARTS) is 1. The summed E-state index contributed by atoms with van der Waals surface area (Å²) in [5.41, 5.74) is 8.69. The molecule has 5 N–H and O–H groups in total. The number of amides is 2. The zero-order valence-corrected chi connectivity index (χ0v) is 17.3. The molecule has 4 aromatic rings. The van der Waals surface area contributed by atoms with Gasteiger partial charge in [-0.25, -0.2) is 9.48 Å². The third kappa shape index (κ3) is 5.79. The number of alkyl halides is 3. The van der Waals surface area contributed by atoms with Crippen molar-refractivity contribution in [3.05, 3.63) is 83.8 Å². The molecule has 176 valence electrons. The van der Waals surface area contributed by atoms with Gasteiger partial charge in [-0.2, -0.15) is 18.3 Å². The highest BCUT2D eigenvalue weighted by Gasteiger charge is 2.38. The summed E-state index contributed by atoms with van der Waals surface area (Å²) < 4.78 is 33.4. The van der Waals surface area contributed by atoms with Crippen LogP contribution in [0.1, 0.15) is 26.3 Å². The molecule has 0 fully saturated rings. The molecule has 12 heteroatoms. The van der Waals surface area contributed by atoms with Gasteiger partial charge in [0.05, 0.1) is 11.3 Å². The highest BCUT2D eigenvalue weighted by molar-refractivity contribution is 6.04. The van der Waals surface area contributed by atoms with Gasteiger partial charge in [0.15, 0.2) is 0 Å². The number of rotatable bonds is 5. The number of nitrogens with two attached hydrogens (primary N) is 1. The standard InChI is InChI=1S/C20H17N5O2.C2HF3O2/c21-19(26)17-3-1-2-15-12-25(24-18(15)17)16-6-4-14(5-7-16)20(27)23-11-13-8-9-22-10-13;3-2(4,5)1(6)7/h1-10,12,22H,11H2,(H2,21,26)(H,23,27);(H,6,7). The lowest BCUT2D eigenvalue weighted by molar-refractivity contribution is -0.192. The van der Waals surface area contributed by atoms with Gasteiger partial charge < -0.3 is 21.1 Å². The molecule has 0 unspecified atom stereocenters. The van der Waals surface area contributed by atoms with E-state index < -0.39 is 18.1 Å². The second-order valence-corrected chi connectivity index (χ2v) is 6.93. The molecule has 0 saturated carbocycles. The van der Waals surface area contributed by atoms with Crippen LogP contribution >= 0.6 is 0 Å². The van der Waals surface area contributed by atoms with E-state index >= 15 is 0 Å². The number of nitrogens with zero attached hydrogens (tertiary/aromatic N) is 2. The van der Waals surface area contributed by atoms with Gasteiger partial charge >= 0.3 is 12.1 Å². The normalized spacial score (nSPS) is 10.9. The number of H-pyrrole nitrogens is 1.